The Morgan fingerprint density at radius 3 is 2.54 bits per heavy atom. The number of aliphatic imine (C=N–C) groups is 1. The van der Waals surface area contributed by atoms with Crippen molar-refractivity contribution in [2.45, 2.75) is 6.92 Å². The van der Waals surface area contributed by atoms with E-state index in [1.165, 1.54) is 6.92 Å². The number of carbonyl (C=O) groups excluding carboxylic acids is 2. The second-order valence-corrected chi connectivity index (χ2v) is 5.97. The standard InChI is InChI=1S/C18H13BrN2O3/c1-11(22)20-13-8-6-12(7-9-13)10-16-18(23)24-17(21-16)14-4-2-3-5-15(14)19/h2-10H,1H3,(H,20,22). The van der Waals surface area contributed by atoms with Crippen molar-refractivity contribution in [2.75, 3.05) is 5.32 Å². The Bertz CT molecular complexity index is 870. The van der Waals surface area contributed by atoms with Crippen molar-refractivity contribution in [3.8, 4) is 0 Å². The third-order valence-corrected chi connectivity index (χ3v) is 3.95. The molecule has 0 unspecified atom stereocenters. The summed E-state index contributed by atoms with van der Waals surface area (Å²) in [4.78, 5) is 27.3. The zero-order valence-corrected chi connectivity index (χ0v) is 14.3. The van der Waals surface area contributed by atoms with Crippen molar-refractivity contribution in [3.63, 3.8) is 0 Å². The topological polar surface area (TPSA) is 67.8 Å². The average Bonchev–Trinajstić information content (AvgIpc) is 2.90. The summed E-state index contributed by atoms with van der Waals surface area (Å²) in [5, 5.41) is 2.69. The number of carbonyl (C=O) groups is 2. The molecule has 0 aromatic heterocycles. The molecule has 120 valence electrons. The minimum atomic E-state index is -0.494. The Morgan fingerprint density at radius 1 is 1.17 bits per heavy atom. The number of hydrogen-bond donors (Lipinski definition) is 1. The van der Waals surface area contributed by atoms with Crippen LogP contribution in [0.2, 0.25) is 0 Å². The third kappa shape index (κ3) is 3.60. The predicted molar refractivity (Wildman–Crippen MR) is 95.5 cm³/mol. The monoisotopic (exact) mass is 384 g/mol. The zero-order valence-electron chi connectivity index (χ0n) is 12.7. The van der Waals surface area contributed by atoms with E-state index in [4.69, 9.17) is 4.74 Å². The summed E-state index contributed by atoms with van der Waals surface area (Å²) in [5.74, 6) is -0.358. The summed E-state index contributed by atoms with van der Waals surface area (Å²) in [6, 6.07) is 14.5. The first kappa shape index (κ1) is 16.1. The minimum Gasteiger partial charge on any atom is -0.402 e. The Labute approximate surface area is 147 Å². The maximum absolute atomic E-state index is 12.0. The normalized spacial score (nSPS) is 15.2. The van der Waals surface area contributed by atoms with Crippen LogP contribution in [0.5, 0.6) is 0 Å². The van der Waals surface area contributed by atoms with Gasteiger partial charge in [-0.1, -0.05) is 24.3 Å². The van der Waals surface area contributed by atoms with E-state index in [-0.39, 0.29) is 17.5 Å². The van der Waals surface area contributed by atoms with Crippen molar-refractivity contribution in [1.29, 1.82) is 0 Å². The fourth-order valence-electron chi connectivity index (χ4n) is 2.18. The number of ether oxygens (including phenoxy) is 1. The van der Waals surface area contributed by atoms with Crippen LogP contribution in [-0.2, 0) is 14.3 Å². The number of nitrogens with zero attached hydrogens (tertiary/aromatic N) is 1. The summed E-state index contributed by atoms with van der Waals surface area (Å²) < 4.78 is 6.05. The van der Waals surface area contributed by atoms with Crippen LogP contribution < -0.4 is 5.32 Å². The lowest BCUT2D eigenvalue weighted by atomic mass is 10.1. The smallest absolute Gasteiger partial charge is 0.363 e. The van der Waals surface area contributed by atoms with E-state index in [2.05, 4.69) is 26.2 Å². The van der Waals surface area contributed by atoms with Gasteiger partial charge in [0, 0.05) is 17.1 Å². The van der Waals surface area contributed by atoms with Gasteiger partial charge in [0.2, 0.25) is 11.8 Å². The fraction of sp³-hybridized carbons (Fsp3) is 0.0556. The van der Waals surface area contributed by atoms with Crippen LogP contribution in [0.4, 0.5) is 5.69 Å². The summed E-state index contributed by atoms with van der Waals surface area (Å²) in [5.41, 5.74) is 2.42. The molecule has 6 heteroatoms. The van der Waals surface area contributed by atoms with Gasteiger partial charge in [-0.2, -0.15) is 0 Å². The molecule has 1 heterocycles. The molecule has 1 aliphatic rings. The van der Waals surface area contributed by atoms with Gasteiger partial charge in [0.15, 0.2) is 5.70 Å². The largest absolute Gasteiger partial charge is 0.402 e. The van der Waals surface area contributed by atoms with Gasteiger partial charge in [0.1, 0.15) is 0 Å². The quantitative estimate of drug-likeness (QED) is 0.647. The Kier molecular flexibility index (Phi) is 4.57. The molecule has 5 nitrogen and oxygen atoms in total. The van der Waals surface area contributed by atoms with E-state index in [0.717, 1.165) is 15.6 Å². The number of hydrogen-bond acceptors (Lipinski definition) is 4. The Hall–Kier alpha value is -2.73. The van der Waals surface area contributed by atoms with Crippen molar-refractivity contribution < 1.29 is 14.3 Å². The van der Waals surface area contributed by atoms with Gasteiger partial charge in [0.05, 0.1) is 5.56 Å². The molecule has 24 heavy (non-hydrogen) atoms. The molecule has 2 aromatic carbocycles. The number of nitrogens with one attached hydrogen (secondary N) is 1. The van der Waals surface area contributed by atoms with E-state index < -0.39 is 5.97 Å². The van der Waals surface area contributed by atoms with Crippen molar-refractivity contribution in [2.24, 2.45) is 4.99 Å². The second kappa shape index (κ2) is 6.80. The molecule has 3 rings (SSSR count). The van der Waals surface area contributed by atoms with Gasteiger partial charge in [0.25, 0.3) is 0 Å². The first-order valence-electron chi connectivity index (χ1n) is 7.18. The van der Waals surface area contributed by atoms with E-state index in [1.54, 1.807) is 30.3 Å². The molecule has 1 aliphatic heterocycles. The van der Waals surface area contributed by atoms with Gasteiger partial charge in [-0.3, -0.25) is 4.79 Å². The van der Waals surface area contributed by atoms with Crippen LogP contribution in [0.1, 0.15) is 18.1 Å². The van der Waals surface area contributed by atoms with Crippen LogP contribution in [0.3, 0.4) is 0 Å². The second-order valence-electron chi connectivity index (χ2n) is 5.12. The molecule has 0 saturated carbocycles. The molecule has 0 fully saturated rings. The highest BCUT2D eigenvalue weighted by Gasteiger charge is 2.25. The van der Waals surface area contributed by atoms with Crippen molar-refractivity contribution in [1.82, 2.24) is 0 Å². The number of benzene rings is 2. The number of halogens is 1. The lowest BCUT2D eigenvalue weighted by molar-refractivity contribution is -0.129. The predicted octanol–water partition coefficient (Wildman–Crippen LogP) is 3.75. The molecule has 1 N–H and O–H groups in total. The molecule has 0 spiro atoms. The highest BCUT2D eigenvalue weighted by Crippen LogP contribution is 2.24. The number of amides is 1. The molecule has 0 radical (unpaired) electrons. The van der Waals surface area contributed by atoms with Crippen LogP contribution >= 0.6 is 15.9 Å². The van der Waals surface area contributed by atoms with Gasteiger partial charge >= 0.3 is 5.97 Å². The van der Waals surface area contributed by atoms with Gasteiger partial charge in [-0.15, -0.1) is 0 Å². The average molecular weight is 385 g/mol. The third-order valence-electron chi connectivity index (χ3n) is 3.26. The maximum Gasteiger partial charge on any atom is 0.363 e. The van der Waals surface area contributed by atoms with Crippen molar-refractivity contribution >= 4 is 45.5 Å². The lowest BCUT2D eigenvalue weighted by Gasteiger charge is -2.01. The molecule has 0 atom stereocenters. The van der Waals surface area contributed by atoms with Gasteiger partial charge in [-0.05, 0) is 51.8 Å². The fourth-order valence-corrected chi connectivity index (χ4v) is 2.64. The molecule has 0 aliphatic carbocycles. The Morgan fingerprint density at radius 2 is 1.88 bits per heavy atom. The van der Waals surface area contributed by atoms with Crippen LogP contribution in [0, 0.1) is 0 Å². The molecule has 2 aromatic rings. The van der Waals surface area contributed by atoms with Crippen LogP contribution in [0.25, 0.3) is 6.08 Å². The van der Waals surface area contributed by atoms with Gasteiger partial charge < -0.3 is 10.1 Å². The molecular formula is C18H13BrN2O3. The number of rotatable bonds is 3. The van der Waals surface area contributed by atoms with E-state index in [9.17, 15) is 9.59 Å². The molecular weight excluding hydrogens is 372 g/mol. The summed E-state index contributed by atoms with van der Waals surface area (Å²) in [6.07, 6.45) is 1.64. The molecule has 0 bridgehead atoms. The van der Waals surface area contributed by atoms with E-state index in [1.807, 2.05) is 24.3 Å². The van der Waals surface area contributed by atoms with Crippen LogP contribution in [-0.4, -0.2) is 17.8 Å². The highest BCUT2D eigenvalue weighted by atomic mass is 79.9. The Balaban J connectivity index is 1.86. The summed E-state index contributed by atoms with van der Waals surface area (Å²) >= 11 is 3.41. The zero-order chi connectivity index (χ0) is 17.1. The highest BCUT2D eigenvalue weighted by molar-refractivity contribution is 9.10. The first-order chi connectivity index (χ1) is 11.5. The minimum absolute atomic E-state index is 0.136. The SMILES string of the molecule is CC(=O)Nc1ccc(C=C2N=C(c3ccccc3Br)OC2=O)cc1. The molecule has 0 saturated heterocycles. The summed E-state index contributed by atoms with van der Waals surface area (Å²) in [6.45, 7) is 1.45. The van der Waals surface area contributed by atoms with Crippen molar-refractivity contribution in [3.05, 3.63) is 69.8 Å². The van der Waals surface area contributed by atoms with E-state index in [0.29, 0.717) is 5.69 Å². The van der Waals surface area contributed by atoms with Crippen LogP contribution in [0.15, 0.2) is 63.7 Å². The molecule has 1 amide bonds. The number of esters is 1. The first-order valence-corrected chi connectivity index (χ1v) is 7.97. The number of cyclic esters (lactones) is 1. The van der Waals surface area contributed by atoms with E-state index >= 15 is 0 Å². The van der Waals surface area contributed by atoms with Gasteiger partial charge in [-0.25, -0.2) is 9.79 Å². The summed E-state index contributed by atoms with van der Waals surface area (Å²) in [7, 11) is 0. The maximum atomic E-state index is 12.0. The lowest BCUT2D eigenvalue weighted by Crippen LogP contribution is -2.06. The number of anilines is 1.